The van der Waals surface area contributed by atoms with Gasteiger partial charge in [-0.1, -0.05) is 36.0 Å². The largest absolute Gasteiger partial charge is 0.497 e. The van der Waals surface area contributed by atoms with Gasteiger partial charge in [-0.05, 0) is 49.2 Å². The summed E-state index contributed by atoms with van der Waals surface area (Å²) in [6.07, 6.45) is 0. The van der Waals surface area contributed by atoms with Gasteiger partial charge in [0.15, 0.2) is 11.0 Å². The number of ether oxygens (including phenoxy) is 1. The van der Waals surface area contributed by atoms with E-state index >= 15 is 0 Å². The van der Waals surface area contributed by atoms with Crippen LogP contribution in [0.4, 0.5) is 0 Å². The van der Waals surface area contributed by atoms with E-state index in [4.69, 9.17) is 4.74 Å². The Morgan fingerprint density at radius 2 is 1.89 bits per heavy atom. The van der Waals surface area contributed by atoms with Crippen LogP contribution in [0.15, 0.2) is 53.7 Å². The zero-order valence-corrected chi connectivity index (χ0v) is 17.1. The van der Waals surface area contributed by atoms with Gasteiger partial charge >= 0.3 is 0 Å². The molecule has 3 rings (SSSR count). The molecule has 0 fully saturated rings. The first-order valence-corrected chi connectivity index (χ1v) is 10.1. The topological polar surface area (TPSA) is 69.0 Å². The summed E-state index contributed by atoms with van der Waals surface area (Å²) in [6.45, 7) is 5.34. The molecule has 0 bridgehead atoms. The van der Waals surface area contributed by atoms with Gasteiger partial charge in [0.1, 0.15) is 5.75 Å². The fraction of sp³-hybridized carbons (Fsp3) is 0.286. The monoisotopic (exact) mass is 396 g/mol. The number of nitrogens with one attached hydrogen (secondary N) is 1. The molecule has 3 aromatic rings. The molecule has 1 aromatic heterocycles. The van der Waals surface area contributed by atoms with Crippen molar-refractivity contribution >= 4 is 17.7 Å². The SMILES string of the molecule is CCn1c(SCC(=O)NCc2ccccc2C)nnc1-c1ccc(OC)cc1. The Bertz CT molecular complexity index is 938. The number of hydrogen-bond acceptors (Lipinski definition) is 5. The lowest BCUT2D eigenvalue weighted by molar-refractivity contribution is -0.118. The van der Waals surface area contributed by atoms with E-state index in [2.05, 4.69) is 15.5 Å². The third kappa shape index (κ3) is 4.72. The van der Waals surface area contributed by atoms with Crippen molar-refractivity contribution in [2.24, 2.45) is 0 Å². The van der Waals surface area contributed by atoms with Crippen LogP contribution in [0.2, 0.25) is 0 Å². The van der Waals surface area contributed by atoms with Crippen molar-refractivity contribution < 1.29 is 9.53 Å². The molecule has 0 spiro atoms. The second kappa shape index (κ2) is 9.41. The number of rotatable bonds is 8. The Kier molecular flexibility index (Phi) is 6.71. The van der Waals surface area contributed by atoms with Crippen molar-refractivity contribution in [2.75, 3.05) is 12.9 Å². The third-order valence-corrected chi connectivity index (χ3v) is 5.42. The van der Waals surface area contributed by atoms with E-state index in [1.54, 1.807) is 7.11 Å². The number of hydrogen-bond donors (Lipinski definition) is 1. The van der Waals surface area contributed by atoms with E-state index in [1.807, 2.05) is 66.9 Å². The van der Waals surface area contributed by atoms with E-state index in [1.165, 1.54) is 17.3 Å². The van der Waals surface area contributed by atoms with Crippen LogP contribution >= 0.6 is 11.8 Å². The summed E-state index contributed by atoms with van der Waals surface area (Å²) in [5.41, 5.74) is 3.26. The fourth-order valence-corrected chi connectivity index (χ4v) is 3.65. The maximum absolute atomic E-state index is 12.2. The molecule has 0 saturated heterocycles. The number of methoxy groups -OCH3 is 1. The summed E-state index contributed by atoms with van der Waals surface area (Å²) in [5, 5.41) is 12.3. The molecule has 7 heteroatoms. The first-order valence-electron chi connectivity index (χ1n) is 9.14. The third-order valence-electron chi connectivity index (χ3n) is 4.45. The van der Waals surface area contributed by atoms with E-state index < -0.39 is 0 Å². The molecule has 0 unspecified atom stereocenters. The van der Waals surface area contributed by atoms with E-state index in [9.17, 15) is 4.79 Å². The van der Waals surface area contributed by atoms with Crippen LogP contribution < -0.4 is 10.1 Å². The molecule has 28 heavy (non-hydrogen) atoms. The van der Waals surface area contributed by atoms with Crippen LogP contribution in [0.1, 0.15) is 18.1 Å². The van der Waals surface area contributed by atoms with Gasteiger partial charge < -0.3 is 14.6 Å². The highest BCUT2D eigenvalue weighted by atomic mass is 32.2. The lowest BCUT2D eigenvalue weighted by atomic mass is 10.1. The van der Waals surface area contributed by atoms with Gasteiger partial charge in [-0.15, -0.1) is 10.2 Å². The van der Waals surface area contributed by atoms with Crippen LogP contribution in [-0.2, 0) is 17.9 Å². The fourth-order valence-electron chi connectivity index (χ4n) is 2.82. The summed E-state index contributed by atoms with van der Waals surface area (Å²) in [5.74, 6) is 1.86. The van der Waals surface area contributed by atoms with Gasteiger partial charge in [-0.3, -0.25) is 4.79 Å². The second-order valence-electron chi connectivity index (χ2n) is 6.27. The molecule has 2 aromatic carbocycles. The van der Waals surface area contributed by atoms with E-state index in [0.29, 0.717) is 12.3 Å². The summed E-state index contributed by atoms with van der Waals surface area (Å²) >= 11 is 1.39. The highest BCUT2D eigenvalue weighted by molar-refractivity contribution is 7.99. The van der Waals surface area contributed by atoms with Crippen molar-refractivity contribution in [3.8, 4) is 17.1 Å². The van der Waals surface area contributed by atoms with Crippen molar-refractivity contribution in [3.05, 3.63) is 59.7 Å². The number of carbonyl (C=O) groups excluding carboxylic acids is 1. The van der Waals surface area contributed by atoms with Crippen molar-refractivity contribution in [2.45, 2.75) is 32.1 Å². The Labute approximate surface area is 169 Å². The normalized spacial score (nSPS) is 10.7. The molecule has 1 amide bonds. The lowest BCUT2D eigenvalue weighted by Crippen LogP contribution is -2.25. The average Bonchev–Trinajstić information content (AvgIpc) is 3.14. The zero-order chi connectivity index (χ0) is 19.9. The minimum Gasteiger partial charge on any atom is -0.497 e. The van der Waals surface area contributed by atoms with E-state index in [0.717, 1.165) is 34.4 Å². The minimum absolute atomic E-state index is 0.0232. The van der Waals surface area contributed by atoms with Gasteiger partial charge in [0.05, 0.1) is 12.9 Å². The number of amides is 1. The maximum Gasteiger partial charge on any atom is 0.230 e. The summed E-state index contributed by atoms with van der Waals surface area (Å²) in [6, 6.07) is 15.8. The highest BCUT2D eigenvalue weighted by Gasteiger charge is 2.14. The Hall–Kier alpha value is -2.80. The number of aryl methyl sites for hydroxylation is 1. The number of benzene rings is 2. The Balaban J connectivity index is 1.62. The summed E-state index contributed by atoms with van der Waals surface area (Å²) < 4.78 is 7.22. The lowest BCUT2D eigenvalue weighted by Gasteiger charge is -2.09. The van der Waals surface area contributed by atoms with Crippen LogP contribution in [0.5, 0.6) is 5.75 Å². The first kappa shape index (κ1) is 19.9. The molecule has 1 heterocycles. The van der Waals surface area contributed by atoms with Crippen LogP contribution in [-0.4, -0.2) is 33.5 Å². The molecule has 0 saturated carbocycles. The number of thioether (sulfide) groups is 1. The predicted octanol–water partition coefficient (Wildman–Crippen LogP) is 3.69. The smallest absolute Gasteiger partial charge is 0.230 e. The standard InChI is InChI=1S/C21H24N4O2S/c1-4-25-20(16-9-11-18(27-3)12-10-16)23-24-21(25)28-14-19(26)22-13-17-8-6-5-7-15(17)2/h5-12H,4,13-14H2,1-3H3,(H,22,26). The minimum atomic E-state index is -0.0232. The predicted molar refractivity (Wildman–Crippen MR) is 111 cm³/mol. The van der Waals surface area contributed by atoms with Gasteiger partial charge in [0.25, 0.3) is 0 Å². The zero-order valence-electron chi connectivity index (χ0n) is 16.3. The first-order chi connectivity index (χ1) is 13.6. The number of aromatic nitrogens is 3. The van der Waals surface area contributed by atoms with Crippen LogP contribution in [0, 0.1) is 6.92 Å². The number of nitrogens with zero attached hydrogens (tertiary/aromatic N) is 3. The van der Waals surface area contributed by atoms with Gasteiger partial charge in [-0.25, -0.2) is 0 Å². The summed E-state index contributed by atoms with van der Waals surface area (Å²) in [4.78, 5) is 12.2. The molecule has 0 radical (unpaired) electrons. The van der Waals surface area contributed by atoms with Crippen LogP contribution in [0.25, 0.3) is 11.4 Å². The molecule has 0 aliphatic heterocycles. The quantitative estimate of drug-likeness (QED) is 0.588. The molecule has 0 aliphatic rings. The molecule has 0 atom stereocenters. The molecule has 0 aliphatic carbocycles. The van der Waals surface area contributed by atoms with Crippen molar-refractivity contribution in [1.82, 2.24) is 20.1 Å². The molecule has 1 N–H and O–H groups in total. The van der Waals surface area contributed by atoms with Gasteiger partial charge in [-0.2, -0.15) is 0 Å². The summed E-state index contributed by atoms with van der Waals surface area (Å²) in [7, 11) is 1.64. The molecule has 146 valence electrons. The Morgan fingerprint density at radius 1 is 1.14 bits per heavy atom. The molecule has 6 nitrogen and oxygen atoms in total. The molecular formula is C21H24N4O2S. The van der Waals surface area contributed by atoms with Gasteiger partial charge in [0.2, 0.25) is 5.91 Å². The van der Waals surface area contributed by atoms with Gasteiger partial charge in [0, 0.05) is 18.7 Å². The maximum atomic E-state index is 12.2. The Morgan fingerprint density at radius 3 is 2.57 bits per heavy atom. The van der Waals surface area contributed by atoms with Crippen molar-refractivity contribution in [1.29, 1.82) is 0 Å². The van der Waals surface area contributed by atoms with Crippen LogP contribution in [0.3, 0.4) is 0 Å². The van der Waals surface area contributed by atoms with Crippen molar-refractivity contribution in [3.63, 3.8) is 0 Å². The molecular weight excluding hydrogens is 372 g/mol. The average molecular weight is 397 g/mol. The highest BCUT2D eigenvalue weighted by Crippen LogP contribution is 2.25. The van der Waals surface area contributed by atoms with E-state index in [-0.39, 0.29) is 5.91 Å². The number of carbonyl (C=O) groups is 1. The second-order valence-corrected chi connectivity index (χ2v) is 7.21.